The van der Waals surface area contributed by atoms with Crippen molar-refractivity contribution in [3.05, 3.63) is 59.4 Å². The normalized spacial score (nSPS) is 16.4. The van der Waals surface area contributed by atoms with E-state index in [1.807, 2.05) is 23.1 Å². The minimum atomic E-state index is -0.0884. The molecular formula is C19H20Cl2N4O2. The van der Waals surface area contributed by atoms with Crippen LogP contribution < -0.4 is 5.73 Å². The summed E-state index contributed by atoms with van der Waals surface area (Å²) in [6.07, 6.45) is 2.53. The minimum Gasteiger partial charge on any atom is -0.463 e. The highest BCUT2D eigenvalue weighted by molar-refractivity contribution is 6.30. The monoisotopic (exact) mass is 406 g/mol. The van der Waals surface area contributed by atoms with Crippen LogP contribution in [0.2, 0.25) is 5.02 Å². The zero-order chi connectivity index (χ0) is 18.1. The molecule has 1 aliphatic heterocycles. The van der Waals surface area contributed by atoms with Crippen LogP contribution in [-0.2, 0) is 0 Å². The number of rotatable bonds is 4. The Bertz CT molecular complexity index is 924. The molecule has 1 unspecified atom stereocenters. The third kappa shape index (κ3) is 3.88. The molecule has 3 heterocycles. The van der Waals surface area contributed by atoms with Gasteiger partial charge in [-0.25, -0.2) is 4.68 Å². The van der Waals surface area contributed by atoms with Gasteiger partial charge in [0.25, 0.3) is 5.91 Å². The summed E-state index contributed by atoms with van der Waals surface area (Å²) in [7, 11) is 0. The quantitative estimate of drug-likeness (QED) is 0.717. The van der Waals surface area contributed by atoms with Crippen molar-refractivity contribution in [2.45, 2.75) is 6.42 Å². The summed E-state index contributed by atoms with van der Waals surface area (Å²) in [6.45, 7) is 1.98. The summed E-state index contributed by atoms with van der Waals surface area (Å²) in [6, 6.07) is 12.7. The van der Waals surface area contributed by atoms with E-state index in [0.717, 1.165) is 12.1 Å². The standard InChI is InChI=1S/C19H19ClN4O2.ClH/c20-14-3-1-4-15(9-14)24-17(18-5-2-8-26-18)10-16(22-24)19(25)23-7-6-13(11-21)12-23;/h1-5,8-10,13H,6-7,11-12,21H2;1H. The Balaban J connectivity index is 0.00000210. The third-order valence-corrected chi connectivity index (χ3v) is 4.90. The fourth-order valence-electron chi connectivity index (χ4n) is 3.26. The van der Waals surface area contributed by atoms with Crippen LogP contribution in [0.15, 0.2) is 53.1 Å². The Hall–Kier alpha value is -2.28. The average molecular weight is 407 g/mol. The van der Waals surface area contributed by atoms with E-state index >= 15 is 0 Å². The van der Waals surface area contributed by atoms with Crippen LogP contribution in [0, 0.1) is 5.92 Å². The highest BCUT2D eigenvalue weighted by Crippen LogP contribution is 2.27. The van der Waals surface area contributed by atoms with Gasteiger partial charge in [0, 0.05) is 24.2 Å². The number of nitrogens with two attached hydrogens (primary N) is 1. The van der Waals surface area contributed by atoms with Crippen LogP contribution in [0.25, 0.3) is 17.1 Å². The first-order chi connectivity index (χ1) is 12.7. The smallest absolute Gasteiger partial charge is 0.274 e. The third-order valence-electron chi connectivity index (χ3n) is 4.66. The zero-order valence-electron chi connectivity index (χ0n) is 14.5. The molecule has 1 atom stereocenters. The fraction of sp³-hybridized carbons (Fsp3) is 0.263. The van der Waals surface area contributed by atoms with Crippen molar-refractivity contribution in [2.24, 2.45) is 11.7 Å². The lowest BCUT2D eigenvalue weighted by atomic mass is 10.1. The van der Waals surface area contributed by atoms with Gasteiger partial charge in [-0.05, 0) is 49.2 Å². The van der Waals surface area contributed by atoms with Crippen molar-refractivity contribution in [1.82, 2.24) is 14.7 Å². The predicted molar refractivity (Wildman–Crippen MR) is 107 cm³/mol. The van der Waals surface area contributed by atoms with E-state index in [1.54, 1.807) is 35.2 Å². The molecule has 2 N–H and O–H groups in total. The molecule has 8 heteroatoms. The maximum atomic E-state index is 12.9. The Morgan fingerprint density at radius 2 is 2.15 bits per heavy atom. The van der Waals surface area contributed by atoms with Crippen molar-refractivity contribution < 1.29 is 9.21 Å². The number of amides is 1. The number of carbonyl (C=O) groups is 1. The molecule has 2 aromatic heterocycles. The summed E-state index contributed by atoms with van der Waals surface area (Å²) in [5, 5.41) is 5.15. The first-order valence-corrected chi connectivity index (χ1v) is 8.92. The number of halogens is 2. The second-order valence-electron chi connectivity index (χ2n) is 6.43. The molecule has 1 amide bonds. The molecule has 3 aromatic rings. The van der Waals surface area contributed by atoms with Crippen LogP contribution in [0.5, 0.6) is 0 Å². The second-order valence-corrected chi connectivity index (χ2v) is 6.86. The lowest BCUT2D eigenvalue weighted by molar-refractivity contribution is 0.0781. The molecule has 0 bridgehead atoms. The van der Waals surface area contributed by atoms with Gasteiger partial charge in [-0.15, -0.1) is 12.4 Å². The largest absolute Gasteiger partial charge is 0.463 e. The van der Waals surface area contributed by atoms with Crippen molar-refractivity contribution in [2.75, 3.05) is 19.6 Å². The highest BCUT2D eigenvalue weighted by Gasteiger charge is 2.28. The Morgan fingerprint density at radius 3 is 2.81 bits per heavy atom. The molecule has 6 nitrogen and oxygen atoms in total. The number of hydrogen-bond acceptors (Lipinski definition) is 4. The van der Waals surface area contributed by atoms with Gasteiger partial charge in [-0.1, -0.05) is 17.7 Å². The van der Waals surface area contributed by atoms with Gasteiger partial charge in [-0.2, -0.15) is 5.10 Å². The van der Waals surface area contributed by atoms with Gasteiger partial charge in [-0.3, -0.25) is 4.79 Å². The number of furan rings is 1. The van der Waals surface area contributed by atoms with Crippen molar-refractivity contribution >= 4 is 29.9 Å². The van der Waals surface area contributed by atoms with Crippen molar-refractivity contribution in [3.63, 3.8) is 0 Å². The molecule has 0 saturated carbocycles. The number of carbonyl (C=O) groups excluding carboxylic acids is 1. The molecule has 142 valence electrons. The first-order valence-electron chi connectivity index (χ1n) is 8.55. The highest BCUT2D eigenvalue weighted by atomic mass is 35.5. The maximum Gasteiger partial charge on any atom is 0.274 e. The Morgan fingerprint density at radius 1 is 1.30 bits per heavy atom. The molecule has 0 spiro atoms. The van der Waals surface area contributed by atoms with Crippen molar-refractivity contribution in [1.29, 1.82) is 0 Å². The van der Waals surface area contributed by atoms with Crippen LogP contribution in [0.3, 0.4) is 0 Å². The maximum absolute atomic E-state index is 12.9. The van der Waals surface area contributed by atoms with Gasteiger partial charge in [0.15, 0.2) is 11.5 Å². The summed E-state index contributed by atoms with van der Waals surface area (Å²) in [5.41, 5.74) is 7.59. The van der Waals surface area contributed by atoms with Gasteiger partial charge < -0.3 is 15.1 Å². The van der Waals surface area contributed by atoms with E-state index in [0.29, 0.717) is 47.7 Å². The van der Waals surface area contributed by atoms with E-state index in [1.165, 1.54) is 0 Å². The van der Waals surface area contributed by atoms with Crippen LogP contribution in [-0.4, -0.2) is 40.2 Å². The summed E-state index contributed by atoms with van der Waals surface area (Å²) in [5.74, 6) is 0.908. The Kier molecular flexibility index (Phi) is 5.89. The molecule has 1 fully saturated rings. The summed E-state index contributed by atoms with van der Waals surface area (Å²) < 4.78 is 7.22. The molecule has 1 aromatic carbocycles. The molecule has 27 heavy (non-hydrogen) atoms. The van der Waals surface area contributed by atoms with E-state index in [2.05, 4.69) is 5.10 Å². The topological polar surface area (TPSA) is 77.3 Å². The van der Waals surface area contributed by atoms with Gasteiger partial charge in [0.1, 0.15) is 5.69 Å². The van der Waals surface area contributed by atoms with E-state index in [-0.39, 0.29) is 18.3 Å². The lowest BCUT2D eigenvalue weighted by Gasteiger charge is -2.14. The van der Waals surface area contributed by atoms with Crippen LogP contribution in [0.1, 0.15) is 16.9 Å². The molecular weight excluding hydrogens is 387 g/mol. The van der Waals surface area contributed by atoms with E-state index in [4.69, 9.17) is 21.8 Å². The van der Waals surface area contributed by atoms with E-state index < -0.39 is 0 Å². The van der Waals surface area contributed by atoms with Crippen LogP contribution in [0.4, 0.5) is 0 Å². The summed E-state index contributed by atoms with van der Waals surface area (Å²) in [4.78, 5) is 14.7. The number of likely N-dealkylation sites (tertiary alicyclic amines) is 1. The van der Waals surface area contributed by atoms with Gasteiger partial charge in [0.05, 0.1) is 12.0 Å². The minimum absolute atomic E-state index is 0. The molecule has 0 aliphatic carbocycles. The fourth-order valence-corrected chi connectivity index (χ4v) is 3.45. The lowest BCUT2D eigenvalue weighted by Crippen LogP contribution is -2.30. The SMILES string of the molecule is Cl.NCC1CCN(C(=O)c2cc(-c3ccco3)n(-c3cccc(Cl)c3)n2)C1. The number of hydrogen-bond donors (Lipinski definition) is 1. The van der Waals surface area contributed by atoms with E-state index in [9.17, 15) is 4.79 Å². The number of aromatic nitrogens is 2. The number of nitrogens with zero attached hydrogens (tertiary/aromatic N) is 3. The molecule has 1 aliphatic rings. The van der Waals surface area contributed by atoms with Gasteiger partial charge in [0.2, 0.25) is 0 Å². The van der Waals surface area contributed by atoms with Crippen molar-refractivity contribution in [3.8, 4) is 17.1 Å². The average Bonchev–Trinajstić information content (AvgIpc) is 3.40. The summed E-state index contributed by atoms with van der Waals surface area (Å²) >= 11 is 6.13. The van der Waals surface area contributed by atoms with Crippen LogP contribution >= 0.6 is 24.0 Å². The zero-order valence-corrected chi connectivity index (χ0v) is 16.1. The first kappa shape index (κ1) is 19.5. The number of benzene rings is 1. The molecule has 1 saturated heterocycles. The Labute approximate surface area is 168 Å². The second kappa shape index (κ2) is 8.17. The predicted octanol–water partition coefficient (Wildman–Crippen LogP) is 3.63. The molecule has 0 radical (unpaired) electrons. The molecule has 4 rings (SSSR count). The van der Waals surface area contributed by atoms with Gasteiger partial charge >= 0.3 is 0 Å².